The van der Waals surface area contributed by atoms with Crippen LogP contribution >= 0.6 is 0 Å². The molecule has 0 amide bonds. The average molecular weight is 532 g/mol. The van der Waals surface area contributed by atoms with Gasteiger partial charge in [0.25, 0.3) is 0 Å². The first kappa shape index (κ1) is 24.1. The molecule has 0 aliphatic carbocycles. The summed E-state index contributed by atoms with van der Waals surface area (Å²) in [6.45, 7) is 0. The van der Waals surface area contributed by atoms with Gasteiger partial charge in [0.1, 0.15) is 0 Å². The van der Waals surface area contributed by atoms with Crippen molar-refractivity contribution in [3.05, 3.63) is 157 Å². The van der Waals surface area contributed by atoms with Crippen LogP contribution in [-0.4, -0.2) is 0 Å². The van der Waals surface area contributed by atoms with Crippen LogP contribution in [0, 0.1) is 11.3 Å². The Balaban J connectivity index is 1.20. The molecule has 0 bridgehead atoms. The summed E-state index contributed by atoms with van der Waals surface area (Å²) in [5.41, 5.74) is 7.53. The maximum Gasteiger partial charge on any atom is 0.0998 e. The van der Waals surface area contributed by atoms with E-state index in [1.165, 1.54) is 59.8 Å². The van der Waals surface area contributed by atoms with Crippen LogP contribution in [0.5, 0.6) is 0 Å². The van der Waals surface area contributed by atoms with E-state index in [4.69, 9.17) is 0 Å². The summed E-state index contributed by atoms with van der Waals surface area (Å²) >= 11 is 0. The summed E-state index contributed by atoms with van der Waals surface area (Å²) < 4.78 is 0. The fourth-order valence-electron chi connectivity index (χ4n) is 6.38. The zero-order valence-corrected chi connectivity index (χ0v) is 22.9. The van der Waals surface area contributed by atoms with E-state index in [9.17, 15) is 5.26 Å². The number of benzene rings is 8. The van der Waals surface area contributed by atoms with Gasteiger partial charge in [-0.15, -0.1) is 0 Å². The van der Waals surface area contributed by atoms with E-state index < -0.39 is 0 Å². The van der Waals surface area contributed by atoms with Crippen molar-refractivity contribution in [2.45, 2.75) is 0 Å². The van der Waals surface area contributed by atoms with Crippen LogP contribution in [0.3, 0.4) is 0 Å². The molecule has 0 fully saturated rings. The number of rotatable bonds is 3. The maximum absolute atomic E-state index is 9.49. The molecule has 0 radical (unpaired) electrons. The molecule has 0 aliphatic rings. The zero-order chi connectivity index (χ0) is 28.0. The molecule has 0 heterocycles. The highest BCUT2D eigenvalue weighted by Crippen LogP contribution is 2.39. The van der Waals surface area contributed by atoms with E-state index in [1.807, 2.05) is 24.3 Å². The molecule has 1 heteroatoms. The first-order valence-electron chi connectivity index (χ1n) is 14.2. The zero-order valence-electron chi connectivity index (χ0n) is 22.9. The monoisotopic (exact) mass is 531 g/mol. The summed E-state index contributed by atoms with van der Waals surface area (Å²) in [7, 11) is 0. The molecule has 0 spiro atoms. The summed E-state index contributed by atoms with van der Waals surface area (Å²) in [5.74, 6) is 0. The van der Waals surface area contributed by atoms with E-state index >= 15 is 0 Å². The van der Waals surface area contributed by atoms with E-state index in [1.54, 1.807) is 0 Å². The lowest BCUT2D eigenvalue weighted by Crippen LogP contribution is -1.87. The minimum absolute atomic E-state index is 0.694. The molecule has 0 aromatic heterocycles. The lowest BCUT2D eigenvalue weighted by molar-refractivity contribution is 1.48. The van der Waals surface area contributed by atoms with Crippen LogP contribution in [0.4, 0.5) is 0 Å². The Bertz CT molecular complexity index is 2350. The van der Waals surface area contributed by atoms with Crippen LogP contribution < -0.4 is 0 Å². The minimum Gasteiger partial charge on any atom is -0.192 e. The summed E-state index contributed by atoms with van der Waals surface area (Å²) in [5, 5.41) is 19.6. The van der Waals surface area contributed by atoms with Crippen LogP contribution in [0.15, 0.2) is 152 Å². The standard InChI is InChI=1S/C41H25N/c42-26-35-8-2-3-9-36(35)29-15-13-27(14-16-29)30-18-19-32-24-33(21-20-31(32)23-30)40-25-34-22-17-28-7-1-4-10-37(28)41(34)39-12-6-5-11-38(39)40/h1-25H. The summed E-state index contributed by atoms with van der Waals surface area (Å²) in [4.78, 5) is 0. The van der Waals surface area contributed by atoms with Crippen molar-refractivity contribution in [2.75, 3.05) is 0 Å². The molecule has 0 atom stereocenters. The topological polar surface area (TPSA) is 23.8 Å². The van der Waals surface area contributed by atoms with Crippen LogP contribution in [0.2, 0.25) is 0 Å². The van der Waals surface area contributed by atoms with Gasteiger partial charge in [-0.05, 0) is 101 Å². The second kappa shape index (κ2) is 9.73. The van der Waals surface area contributed by atoms with Crippen molar-refractivity contribution < 1.29 is 0 Å². The second-order valence-corrected chi connectivity index (χ2v) is 10.9. The van der Waals surface area contributed by atoms with Crippen LogP contribution in [-0.2, 0) is 0 Å². The predicted octanol–water partition coefficient (Wildman–Crippen LogP) is 11.2. The van der Waals surface area contributed by atoms with Crippen molar-refractivity contribution in [3.63, 3.8) is 0 Å². The van der Waals surface area contributed by atoms with E-state index in [0.29, 0.717) is 5.56 Å². The first-order valence-corrected chi connectivity index (χ1v) is 14.2. The molecular weight excluding hydrogens is 506 g/mol. The smallest absolute Gasteiger partial charge is 0.0998 e. The largest absolute Gasteiger partial charge is 0.192 e. The van der Waals surface area contributed by atoms with Gasteiger partial charge in [-0.2, -0.15) is 5.26 Å². The molecule has 0 saturated heterocycles. The summed E-state index contributed by atoms with van der Waals surface area (Å²) in [6, 6.07) is 56.3. The van der Waals surface area contributed by atoms with Crippen LogP contribution in [0.25, 0.3) is 76.5 Å². The van der Waals surface area contributed by atoms with Crippen molar-refractivity contribution in [1.82, 2.24) is 0 Å². The van der Waals surface area contributed by atoms with Gasteiger partial charge in [0.2, 0.25) is 0 Å². The molecule has 194 valence electrons. The van der Waals surface area contributed by atoms with Gasteiger partial charge in [-0.1, -0.05) is 127 Å². The van der Waals surface area contributed by atoms with E-state index in [-0.39, 0.29) is 0 Å². The molecule has 0 saturated carbocycles. The van der Waals surface area contributed by atoms with Crippen molar-refractivity contribution in [2.24, 2.45) is 0 Å². The van der Waals surface area contributed by atoms with Gasteiger partial charge in [-0.25, -0.2) is 0 Å². The number of hydrogen-bond acceptors (Lipinski definition) is 1. The fourth-order valence-corrected chi connectivity index (χ4v) is 6.38. The Hall–Kier alpha value is -5.71. The molecular formula is C41H25N. The molecule has 0 aliphatic heterocycles. The highest BCUT2D eigenvalue weighted by atomic mass is 14.2. The lowest BCUT2D eigenvalue weighted by atomic mass is 9.90. The SMILES string of the molecule is N#Cc1ccccc1-c1ccc(-c2ccc3cc(-c4cc5ccc6ccccc6c5c5ccccc45)ccc3c2)cc1. The molecule has 42 heavy (non-hydrogen) atoms. The third-order valence-electron chi connectivity index (χ3n) is 8.48. The maximum atomic E-state index is 9.49. The van der Waals surface area contributed by atoms with Gasteiger partial charge in [-0.3, -0.25) is 0 Å². The Kier molecular flexibility index (Phi) is 5.59. The number of hydrogen-bond donors (Lipinski definition) is 0. The Morgan fingerprint density at radius 2 is 0.929 bits per heavy atom. The highest BCUT2D eigenvalue weighted by Gasteiger charge is 2.12. The Labute approximate surface area is 244 Å². The summed E-state index contributed by atoms with van der Waals surface area (Å²) in [6.07, 6.45) is 0. The van der Waals surface area contributed by atoms with Gasteiger partial charge in [0.05, 0.1) is 11.6 Å². The Morgan fingerprint density at radius 1 is 0.357 bits per heavy atom. The van der Waals surface area contributed by atoms with Gasteiger partial charge >= 0.3 is 0 Å². The van der Waals surface area contributed by atoms with E-state index in [0.717, 1.165) is 16.7 Å². The molecule has 1 nitrogen and oxygen atoms in total. The minimum atomic E-state index is 0.694. The van der Waals surface area contributed by atoms with Crippen molar-refractivity contribution in [3.8, 4) is 39.4 Å². The molecule has 0 unspecified atom stereocenters. The van der Waals surface area contributed by atoms with Gasteiger partial charge < -0.3 is 0 Å². The average Bonchev–Trinajstić information content (AvgIpc) is 3.07. The highest BCUT2D eigenvalue weighted by molar-refractivity contribution is 6.23. The van der Waals surface area contributed by atoms with E-state index in [2.05, 4.69) is 133 Å². The van der Waals surface area contributed by atoms with Crippen LogP contribution in [0.1, 0.15) is 5.56 Å². The molecule has 0 N–H and O–H groups in total. The second-order valence-electron chi connectivity index (χ2n) is 10.9. The predicted molar refractivity (Wildman–Crippen MR) is 177 cm³/mol. The quantitative estimate of drug-likeness (QED) is 0.208. The lowest BCUT2D eigenvalue weighted by Gasteiger charge is -2.14. The third-order valence-corrected chi connectivity index (χ3v) is 8.48. The van der Waals surface area contributed by atoms with Crippen molar-refractivity contribution in [1.29, 1.82) is 5.26 Å². The fraction of sp³-hybridized carbons (Fsp3) is 0. The Morgan fingerprint density at radius 3 is 1.74 bits per heavy atom. The number of nitrogens with zero attached hydrogens (tertiary/aromatic N) is 1. The first-order chi connectivity index (χ1) is 20.8. The van der Waals surface area contributed by atoms with Gasteiger partial charge in [0.15, 0.2) is 0 Å². The third kappa shape index (κ3) is 3.93. The molecule has 8 aromatic carbocycles. The molecule has 8 aromatic rings. The number of fused-ring (bicyclic) bond motifs is 6. The molecule has 8 rings (SSSR count). The number of nitriles is 1. The van der Waals surface area contributed by atoms with Crippen molar-refractivity contribution >= 4 is 43.1 Å². The normalized spacial score (nSPS) is 11.3. The van der Waals surface area contributed by atoms with Gasteiger partial charge in [0, 0.05) is 0 Å².